The molecule has 4 nitrogen and oxygen atoms in total. The zero-order valence-corrected chi connectivity index (χ0v) is 10.9. The van der Waals surface area contributed by atoms with E-state index in [1.807, 2.05) is 37.3 Å². The number of hydrogen-bond donors (Lipinski definition) is 2. The van der Waals surface area contributed by atoms with Crippen LogP contribution in [0.5, 0.6) is 0 Å². The fraction of sp³-hybridized carbons (Fsp3) is 0.500. The van der Waals surface area contributed by atoms with Gasteiger partial charge in [-0.15, -0.1) is 0 Å². The van der Waals surface area contributed by atoms with Gasteiger partial charge in [0, 0.05) is 6.04 Å². The van der Waals surface area contributed by atoms with E-state index < -0.39 is 6.10 Å². The molecule has 0 saturated heterocycles. The minimum absolute atomic E-state index is 0.159. The third-order valence-corrected chi connectivity index (χ3v) is 2.79. The molecule has 2 N–H and O–H groups in total. The second-order valence-electron chi connectivity index (χ2n) is 4.20. The van der Waals surface area contributed by atoms with E-state index in [1.54, 1.807) is 0 Å². The number of aliphatic hydroxyl groups excluding tert-OH is 1. The lowest BCUT2D eigenvalue weighted by atomic mass is 9.99. The standard InChI is InChI=1S/C14H21NO3/c1-3-9-15-12(10-13(16)18-2)14(17)11-7-5-4-6-8-11/h4-8,12,14-15,17H,3,9-10H2,1-2H3. The van der Waals surface area contributed by atoms with Gasteiger partial charge in [0.05, 0.1) is 19.6 Å². The quantitative estimate of drug-likeness (QED) is 0.723. The van der Waals surface area contributed by atoms with Gasteiger partial charge in [0.15, 0.2) is 0 Å². The molecule has 0 spiro atoms. The number of methoxy groups -OCH3 is 1. The van der Waals surface area contributed by atoms with E-state index >= 15 is 0 Å². The molecule has 1 aromatic rings. The van der Waals surface area contributed by atoms with Gasteiger partial charge in [0.1, 0.15) is 0 Å². The zero-order valence-electron chi connectivity index (χ0n) is 10.9. The van der Waals surface area contributed by atoms with Crippen molar-refractivity contribution >= 4 is 5.97 Å². The first-order valence-electron chi connectivity index (χ1n) is 6.22. The van der Waals surface area contributed by atoms with Crippen LogP contribution in [0.15, 0.2) is 30.3 Å². The third-order valence-electron chi connectivity index (χ3n) is 2.79. The number of esters is 1. The van der Waals surface area contributed by atoms with Gasteiger partial charge in [0.25, 0.3) is 0 Å². The van der Waals surface area contributed by atoms with Crippen LogP contribution in [-0.4, -0.2) is 30.8 Å². The molecule has 0 aliphatic heterocycles. The number of rotatable bonds is 7. The Morgan fingerprint density at radius 2 is 2.06 bits per heavy atom. The van der Waals surface area contributed by atoms with Crippen molar-refractivity contribution in [1.29, 1.82) is 0 Å². The molecule has 2 unspecified atom stereocenters. The highest BCUT2D eigenvalue weighted by molar-refractivity contribution is 5.70. The van der Waals surface area contributed by atoms with E-state index in [1.165, 1.54) is 7.11 Å². The van der Waals surface area contributed by atoms with Crippen molar-refractivity contribution in [3.05, 3.63) is 35.9 Å². The van der Waals surface area contributed by atoms with Crippen molar-refractivity contribution in [2.75, 3.05) is 13.7 Å². The third kappa shape index (κ3) is 4.47. The lowest BCUT2D eigenvalue weighted by molar-refractivity contribution is -0.142. The lowest BCUT2D eigenvalue weighted by Gasteiger charge is -2.23. The molecule has 100 valence electrons. The SMILES string of the molecule is CCCNC(CC(=O)OC)C(O)c1ccccc1. The number of benzene rings is 1. The zero-order chi connectivity index (χ0) is 13.4. The second kappa shape index (κ2) is 7.84. The summed E-state index contributed by atoms with van der Waals surface area (Å²) >= 11 is 0. The maximum Gasteiger partial charge on any atom is 0.307 e. The van der Waals surface area contributed by atoms with Gasteiger partial charge in [-0.1, -0.05) is 37.3 Å². The van der Waals surface area contributed by atoms with Crippen LogP contribution in [-0.2, 0) is 9.53 Å². The Labute approximate surface area is 108 Å². The van der Waals surface area contributed by atoms with Crippen molar-refractivity contribution in [3.8, 4) is 0 Å². The summed E-state index contributed by atoms with van der Waals surface area (Å²) in [5.74, 6) is -0.321. The smallest absolute Gasteiger partial charge is 0.307 e. The molecule has 0 aromatic heterocycles. The van der Waals surface area contributed by atoms with E-state index in [9.17, 15) is 9.90 Å². The molecule has 0 heterocycles. The summed E-state index contributed by atoms with van der Waals surface area (Å²) in [6.07, 6.45) is 0.392. The Morgan fingerprint density at radius 3 is 2.61 bits per heavy atom. The maximum absolute atomic E-state index is 11.3. The van der Waals surface area contributed by atoms with Crippen LogP contribution in [0.4, 0.5) is 0 Å². The monoisotopic (exact) mass is 251 g/mol. The molecule has 0 aliphatic rings. The van der Waals surface area contributed by atoms with Crippen LogP contribution in [0.25, 0.3) is 0 Å². The first-order chi connectivity index (χ1) is 8.69. The molecule has 1 aromatic carbocycles. The van der Waals surface area contributed by atoms with Gasteiger partial charge < -0.3 is 15.2 Å². The van der Waals surface area contributed by atoms with Crippen LogP contribution in [0.3, 0.4) is 0 Å². The molecule has 0 radical (unpaired) electrons. The number of aliphatic hydroxyl groups is 1. The Kier molecular flexibility index (Phi) is 6.39. The molecule has 1 rings (SSSR count). The number of nitrogens with one attached hydrogen (secondary N) is 1. The molecule has 0 bridgehead atoms. The largest absolute Gasteiger partial charge is 0.469 e. The predicted molar refractivity (Wildman–Crippen MR) is 70.1 cm³/mol. The highest BCUT2D eigenvalue weighted by Gasteiger charge is 2.23. The van der Waals surface area contributed by atoms with Crippen molar-refractivity contribution < 1.29 is 14.6 Å². The highest BCUT2D eigenvalue weighted by Crippen LogP contribution is 2.19. The topological polar surface area (TPSA) is 58.6 Å². The first-order valence-corrected chi connectivity index (χ1v) is 6.22. The maximum atomic E-state index is 11.3. The molecule has 0 fully saturated rings. The average Bonchev–Trinajstić information content (AvgIpc) is 2.43. The Hall–Kier alpha value is -1.39. The fourth-order valence-corrected chi connectivity index (χ4v) is 1.77. The number of carbonyl (C=O) groups excluding carboxylic acids is 1. The van der Waals surface area contributed by atoms with Gasteiger partial charge in [-0.25, -0.2) is 0 Å². The normalized spacial score (nSPS) is 13.9. The Bertz CT molecular complexity index is 353. The lowest BCUT2D eigenvalue weighted by Crippen LogP contribution is -2.37. The predicted octanol–water partition coefficient (Wildman–Crippen LogP) is 1.65. The van der Waals surface area contributed by atoms with Crippen LogP contribution in [0.1, 0.15) is 31.4 Å². The summed E-state index contributed by atoms with van der Waals surface area (Å²) in [4.78, 5) is 11.3. The second-order valence-corrected chi connectivity index (χ2v) is 4.20. The van der Waals surface area contributed by atoms with Crippen LogP contribution < -0.4 is 5.32 Å². The van der Waals surface area contributed by atoms with Gasteiger partial charge in [-0.2, -0.15) is 0 Å². The van der Waals surface area contributed by atoms with Crippen molar-refractivity contribution in [2.45, 2.75) is 31.9 Å². The fourth-order valence-electron chi connectivity index (χ4n) is 1.77. The highest BCUT2D eigenvalue weighted by atomic mass is 16.5. The summed E-state index contributed by atoms with van der Waals surface area (Å²) in [6, 6.07) is 9.01. The van der Waals surface area contributed by atoms with E-state index in [0.29, 0.717) is 0 Å². The Morgan fingerprint density at radius 1 is 1.39 bits per heavy atom. The summed E-state index contributed by atoms with van der Waals surface area (Å²) in [5.41, 5.74) is 0.801. The van der Waals surface area contributed by atoms with E-state index in [2.05, 4.69) is 10.1 Å². The summed E-state index contributed by atoms with van der Waals surface area (Å²) in [5, 5.41) is 13.5. The summed E-state index contributed by atoms with van der Waals surface area (Å²) < 4.78 is 4.66. The first kappa shape index (κ1) is 14.7. The van der Waals surface area contributed by atoms with Crippen LogP contribution in [0, 0.1) is 0 Å². The molecule has 18 heavy (non-hydrogen) atoms. The van der Waals surface area contributed by atoms with E-state index in [-0.39, 0.29) is 18.4 Å². The molecule has 0 saturated carbocycles. The molecular weight excluding hydrogens is 230 g/mol. The van der Waals surface area contributed by atoms with Crippen LogP contribution in [0.2, 0.25) is 0 Å². The summed E-state index contributed by atoms with van der Waals surface area (Å²) in [7, 11) is 1.36. The molecule has 0 amide bonds. The van der Waals surface area contributed by atoms with Gasteiger partial charge in [-0.3, -0.25) is 4.79 Å². The van der Waals surface area contributed by atoms with Gasteiger partial charge in [0.2, 0.25) is 0 Å². The van der Waals surface area contributed by atoms with Crippen molar-refractivity contribution in [1.82, 2.24) is 5.32 Å². The number of ether oxygens (including phenoxy) is 1. The minimum Gasteiger partial charge on any atom is -0.469 e. The Balaban J connectivity index is 2.71. The number of hydrogen-bond acceptors (Lipinski definition) is 4. The van der Waals surface area contributed by atoms with Gasteiger partial charge in [-0.05, 0) is 18.5 Å². The molecule has 2 atom stereocenters. The van der Waals surface area contributed by atoms with Crippen molar-refractivity contribution in [2.24, 2.45) is 0 Å². The average molecular weight is 251 g/mol. The van der Waals surface area contributed by atoms with Crippen LogP contribution >= 0.6 is 0 Å². The van der Waals surface area contributed by atoms with Crippen molar-refractivity contribution in [3.63, 3.8) is 0 Å². The molecule has 4 heteroatoms. The van der Waals surface area contributed by atoms with E-state index in [4.69, 9.17) is 0 Å². The molecular formula is C14H21NO3. The summed E-state index contributed by atoms with van der Waals surface area (Å²) in [6.45, 7) is 2.79. The van der Waals surface area contributed by atoms with Gasteiger partial charge >= 0.3 is 5.97 Å². The minimum atomic E-state index is -0.711. The van der Waals surface area contributed by atoms with E-state index in [0.717, 1.165) is 18.5 Å². The molecule has 0 aliphatic carbocycles. The number of carbonyl (C=O) groups is 1.